The molecule has 0 radical (unpaired) electrons. The van der Waals surface area contributed by atoms with Gasteiger partial charge in [0.05, 0.1) is 21.7 Å². The molecule has 0 aliphatic rings. The molecule has 0 saturated heterocycles. The smallest absolute Gasteiger partial charge is 0.115 e. The Balaban J connectivity index is 2.32. The first-order chi connectivity index (χ1) is 10.1. The van der Waals surface area contributed by atoms with Crippen molar-refractivity contribution in [1.82, 2.24) is 9.55 Å². The third-order valence-electron chi connectivity index (χ3n) is 3.15. The predicted octanol–water partition coefficient (Wildman–Crippen LogP) is 5.83. The number of halogens is 4. The number of imidazole rings is 1. The Morgan fingerprint density at radius 1 is 1.19 bits per heavy atom. The maximum absolute atomic E-state index is 6.44. The van der Waals surface area contributed by atoms with Crippen LogP contribution in [0.2, 0.25) is 5.02 Å². The molecule has 1 aromatic heterocycles. The van der Waals surface area contributed by atoms with Crippen molar-refractivity contribution in [1.29, 1.82) is 0 Å². The van der Waals surface area contributed by atoms with Gasteiger partial charge in [0.2, 0.25) is 0 Å². The van der Waals surface area contributed by atoms with Gasteiger partial charge in [-0.3, -0.25) is 4.57 Å². The lowest BCUT2D eigenvalue weighted by atomic mass is 10.2. The second kappa shape index (κ2) is 6.44. The number of rotatable bonds is 3. The first-order valence-electron chi connectivity index (χ1n) is 6.28. The number of fused-ring (bicyclic) bond motifs is 1. The van der Waals surface area contributed by atoms with Crippen molar-refractivity contribution >= 4 is 72.8 Å². The maximum atomic E-state index is 6.44. The molecule has 2 aromatic carbocycles. The van der Waals surface area contributed by atoms with E-state index in [1.54, 1.807) is 0 Å². The summed E-state index contributed by atoms with van der Waals surface area (Å²) < 4.78 is 4.20. The Morgan fingerprint density at radius 2 is 2.00 bits per heavy atom. The number of aryl methyl sites for hydroxylation is 1. The number of aromatic nitrogens is 2. The molecule has 1 heterocycles. The van der Waals surface area contributed by atoms with Crippen LogP contribution < -0.4 is 0 Å². The van der Waals surface area contributed by atoms with Crippen molar-refractivity contribution in [3.05, 3.63) is 55.3 Å². The van der Waals surface area contributed by atoms with Crippen molar-refractivity contribution < 1.29 is 0 Å². The molecule has 108 valence electrons. The number of alkyl halides is 1. The summed E-state index contributed by atoms with van der Waals surface area (Å²) in [6.45, 7) is 0. The van der Waals surface area contributed by atoms with E-state index in [0.29, 0.717) is 17.3 Å². The third-order valence-corrected chi connectivity index (χ3v) is 4.81. The van der Waals surface area contributed by atoms with E-state index in [2.05, 4.69) is 48.1 Å². The lowest BCUT2D eigenvalue weighted by Gasteiger charge is -2.11. The molecule has 2 nitrogen and oxygen atoms in total. The van der Waals surface area contributed by atoms with Crippen LogP contribution in [0.15, 0.2) is 40.9 Å². The normalized spacial score (nSPS) is 11.2. The summed E-state index contributed by atoms with van der Waals surface area (Å²) in [6, 6.07) is 12.0. The molecular weight excluding hydrogens is 486 g/mol. The van der Waals surface area contributed by atoms with Gasteiger partial charge in [0, 0.05) is 20.3 Å². The maximum Gasteiger partial charge on any atom is 0.115 e. The van der Waals surface area contributed by atoms with E-state index in [1.165, 1.54) is 0 Å². The quantitative estimate of drug-likeness (QED) is 0.330. The van der Waals surface area contributed by atoms with Gasteiger partial charge in [0.1, 0.15) is 5.82 Å². The van der Waals surface area contributed by atoms with Crippen molar-refractivity contribution in [2.24, 2.45) is 0 Å². The van der Waals surface area contributed by atoms with Crippen molar-refractivity contribution in [3.63, 3.8) is 0 Å². The van der Waals surface area contributed by atoms with Crippen LogP contribution in [0.3, 0.4) is 0 Å². The highest BCUT2D eigenvalue weighted by molar-refractivity contribution is 14.1. The second-order valence-corrected chi connectivity index (χ2v) is 7.48. The van der Waals surface area contributed by atoms with Gasteiger partial charge in [0.25, 0.3) is 0 Å². The Hall–Kier alpha value is -0.300. The van der Waals surface area contributed by atoms with Crippen LogP contribution in [0.25, 0.3) is 16.7 Å². The van der Waals surface area contributed by atoms with E-state index >= 15 is 0 Å². The van der Waals surface area contributed by atoms with E-state index in [9.17, 15) is 0 Å². The lowest BCUT2D eigenvalue weighted by Crippen LogP contribution is -2.03. The molecule has 21 heavy (non-hydrogen) atoms. The minimum Gasteiger partial charge on any atom is -0.295 e. The van der Waals surface area contributed by atoms with Crippen LogP contribution in [0.4, 0.5) is 0 Å². The van der Waals surface area contributed by atoms with E-state index in [-0.39, 0.29) is 0 Å². The van der Waals surface area contributed by atoms with E-state index in [0.717, 1.165) is 30.6 Å². The van der Waals surface area contributed by atoms with Crippen LogP contribution in [-0.2, 0) is 6.42 Å². The van der Waals surface area contributed by atoms with E-state index < -0.39 is 0 Å². The first-order valence-corrected chi connectivity index (χ1v) is 9.07. The average Bonchev–Trinajstić information content (AvgIpc) is 2.77. The molecule has 0 spiro atoms. The largest absolute Gasteiger partial charge is 0.295 e. The molecule has 0 amide bonds. The molecule has 0 aliphatic carbocycles. The summed E-state index contributed by atoms with van der Waals surface area (Å²) in [5, 5.41) is 0.706. The predicted molar refractivity (Wildman–Crippen MR) is 101 cm³/mol. The van der Waals surface area contributed by atoms with Gasteiger partial charge in [0.15, 0.2) is 0 Å². The van der Waals surface area contributed by atoms with Crippen molar-refractivity contribution in [2.45, 2.75) is 6.42 Å². The molecule has 0 saturated carbocycles. The number of hydrogen-bond donors (Lipinski definition) is 0. The SMILES string of the molecule is ClCCc1nc2ccc(Br)cc2n1-c1ccc(I)cc1Cl. The number of hydrogen-bond acceptors (Lipinski definition) is 1. The zero-order valence-electron chi connectivity index (χ0n) is 10.8. The summed E-state index contributed by atoms with van der Waals surface area (Å²) in [5.41, 5.74) is 2.89. The van der Waals surface area contributed by atoms with Gasteiger partial charge < -0.3 is 0 Å². The zero-order chi connectivity index (χ0) is 15.0. The van der Waals surface area contributed by atoms with Crippen LogP contribution in [0, 0.1) is 3.57 Å². The highest BCUT2D eigenvalue weighted by Gasteiger charge is 2.14. The van der Waals surface area contributed by atoms with Crippen LogP contribution in [0.1, 0.15) is 5.82 Å². The first kappa shape index (κ1) is 15.6. The summed E-state index contributed by atoms with van der Waals surface area (Å²) in [6.07, 6.45) is 0.691. The fourth-order valence-corrected chi connectivity index (χ4v) is 3.74. The molecule has 0 unspecified atom stereocenters. The van der Waals surface area contributed by atoms with Gasteiger partial charge in [-0.1, -0.05) is 27.5 Å². The van der Waals surface area contributed by atoms with E-state index in [1.807, 2.05) is 36.4 Å². The summed E-state index contributed by atoms with van der Waals surface area (Å²) in [7, 11) is 0. The van der Waals surface area contributed by atoms with Crippen molar-refractivity contribution in [3.8, 4) is 5.69 Å². The van der Waals surface area contributed by atoms with Crippen LogP contribution >= 0.6 is 61.7 Å². The molecule has 3 rings (SSSR count). The number of benzene rings is 2. The molecule has 0 fully saturated rings. The molecule has 0 atom stereocenters. The van der Waals surface area contributed by atoms with Crippen LogP contribution in [0.5, 0.6) is 0 Å². The Morgan fingerprint density at radius 3 is 2.71 bits per heavy atom. The van der Waals surface area contributed by atoms with Gasteiger partial charge in [-0.25, -0.2) is 4.98 Å². The van der Waals surface area contributed by atoms with Gasteiger partial charge in [-0.2, -0.15) is 0 Å². The minimum atomic E-state index is 0.520. The minimum absolute atomic E-state index is 0.520. The standard InChI is InChI=1S/C15H10BrCl2IN2/c16-9-1-3-12-14(7-9)21(15(20-12)5-6-17)13-4-2-10(19)8-11(13)18/h1-4,7-8H,5-6H2. The van der Waals surface area contributed by atoms with Gasteiger partial charge in [-0.15, -0.1) is 11.6 Å². The highest BCUT2D eigenvalue weighted by atomic mass is 127. The zero-order valence-corrected chi connectivity index (χ0v) is 16.0. The second-order valence-electron chi connectivity index (χ2n) is 4.53. The average molecular weight is 496 g/mol. The molecular formula is C15H10BrCl2IN2. The molecule has 0 N–H and O–H groups in total. The van der Waals surface area contributed by atoms with E-state index in [4.69, 9.17) is 23.2 Å². The Labute approximate surface area is 154 Å². The van der Waals surface area contributed by atoms with Gasteiger partial charge >= 0.3 is 0 Å². The lowest BCUT2D eigenvalue weighted by molar-refractivity contribution is 0.912. The molecule has 3 aromatic rings. The highest BCUT2D eigenvalue weighted by Crippen LogP contribution is 2.30. The fraction of sp³-hybridized carbons (Fsp3) is 0.133. The number of nitrogens with zero attached hydrogens (tertiary/aromatic N) is 2. The molecule has 0 bridgehead atoms. The summed E-state index contributed by atoms with van der Waals surface area (Å²) in [4.78, 5) is 4.68. The Bertz CT molecular complexity index is 817. The van der Waals surface area contributed by atoms with Crippen LogP contribution in [-0.4, -0.2) is 15.4 Å². The van der Waals surface area contributed by atoms with Gasteiger partial charge in [-0.05, 0) is 59.0 Å². The molecule has 0 aliphatic heterocycles. The van der Waals surface area contributed by atoms with Crippen molar-refractivity contribution in [2.75, 3.05) is 5.88 Å². The summed E-state index contributed by atoms with van der Waals surface area (Å²) >= 11 is 18.1. The summed E-state index contributed by atoms with van der Waals surface area (Å²) in [5.74, 6) is 1.44. The Kier molecular flexibility index (Phi) is 4.78. The molecule has 6 heteroatoms. The topological polar surface area (TPSA) is 17.8 Å². The third kappa shape index (κ3) is 3.09. The fourth-order valence-electron chi connectivity index (χ4n) is 2.28. The monoisotopic (exact) mass is 494 g/mol.